The number of aryl methyl sites for hydroxylation is 1. The first-order chi connectivity index (χ1) is 13.1. The van der Waals surface area contributed by atoms with E-state index in [1.807, 2.05) is 17.9 Å². The van der Waals surface area contributed by atoms with E-state index in [9.17, 15) is 0 Å². The molecule has 2 fully saturated rings. The standard InChI is InChI=1S/C20H36N6S/c1-4-21-19(24(2)15-18-14-23-25(3)16-18)22-17-20(8-6-5-7-9-20)26-10-12-27-13-11-26/h14,16H,4-13,15,17H2,1-3H3,(H,21,22). The van der Waals surface area contributed by atoms with Gasteiger partial charge in [-0.25, -0.2) is 0 Å². The van der Waals surface area contributed by atoms with Crippen molar-refractivity contribution in [3.63, 3.8) is 0 Å². The van der Waals surface area contributed by atoms with E-state index in [0.29, 0.717) is 0 Å². The van der Waals surface area contributed by atoms with Gasteiger partial charge in [-0.3, -0.25) is 14.6 Å². The zero-order valence-electron chi connectivity index (χ0n) is 17.3. The van der Waals surface area contributed by atoms with Crippen LogP contribution in [0.15, 0.2) is 17.4 Å². The summed E-state index contributed by atoms with van der Waals surface area (Å²) in [6, 6.07) is 0. The predicted octanol–water partition coefficient (Wildman–Crippen LogP) is 2.57. The molecule has 2 heterocycles. The number of rotatable bonds is 6. The average molecular weight is 393 g/mol. The zero-order chi connectivity index (χ0) is 19.1. The summed E-state index contributed by atoms with van der Waals surface area (Å²) in [4.78, 5) is 10.1. The summed E-state index contributed by atoms with van der Waals surface area (Å²) in [5.41, 5.74) is 1.49. The zero-order valence-corrected chi connectivity index (χ0v) is 18.1. The fourth-order valence-corrected chi connectivity index (χ4v) is 5.32. The Bertz CT molecular complexity index is 601. The Morgan fingerprint density at radius 1 is 1.30 bits per heavy atom. The first-order valence-corrected chi connectivity index (χ1v) is 11.6. The number of aliphatic imine (C=N–C) groups is 1. The molecule has 2 aliphatic rings. The van der Waals surface area contributed by atoms with Crippen LogP contribution >= 0.6 is 11.8 Å². The Morgan fingerprint density at radius 3 is 2.67 bits per heavy atom. The number of hydrogen-bond acceptors (Lipinski definition) is 4. The lowest BCUT2D eigenvalue weighted by molar-refractivity contribution is 0.0670. The fourth-order valence-electron chi connectivity index (χ4n) is 4.42. The third-order valence-electron chi connectivity index (χ3n) is 5.86. The lowest BCUT2D eigenvalue weighted by Gasteiger charge is -2.47. The number of hydrogen-bond donors (Lipinski definition) is 1. The quantitative estimate of drug-likeness (QED) is 0.596. The maximum atomic E-state index is 5.14. The van der Waals surface area contributed by atoms with E-state index in [2.05, 4.69) is 52.1 Å². The number of aromatic nitrogens is 2. The van der Waals surface area contributed by atoms with Gasteiger partial charge in [0.1, 0.15) is 0 Å². The van der Waals surface area contributed by atoms with E-state index in [-0.39, 0.29) is 5.54 Å². The number of nitrogens with one attached hydrogen (secondary N) is 1. The summed E-state index contributed by atoms with van der Waals surface area (Å²) >= 11 is 2.10. The van der Waals surface area contributed by atoms with Crippen molar-refractivity contribution in [3.8, 4) is 0 Å². The van der Waals surface area contributed by atoms with Gasteiger partial charge in [-0.15, -0.1) is 0 Å². The predicted molar refractivity (Wildman–Crippen MR) is 115 cm³/mol. The molecule has 1 saturated carbocycles. The van der Waals surface area contributed by atoms with Crippen LogP contribution in [0.25, 0.3) is 0 Å². The first-order valence-electron chi connectivity index (χ1n) is 10.4. The van der Waals surface area contributed by atoms with Crippen LogP contribution in [-0.2, 0) is 13.6 Å². The molecule has 0 spiro atoms. The first kappa shape index (κ1) is 20.5. The molecule has 0 bridgehead atoms. The van der Waals surface area contributed by atoms with Gasteiger partial charge in [-0.05, 0) is 19.8 Å². The number of thioether (sulfide) groups is 1. The van der Waals surface area contributed by atoms with Crippen LogP contribution in [0.3, 0.4) is 0 Å². The van der Waals surface area contributed by atoms with E-state index in [1.54, 1.807) is 0 Å². The molecule has 0 aromatic carbocycles. The highest BCUT2D eigenvalue weighted by Gasteiger charge is 2.38. The number of nitrogens with zero attached hydrogens (tertiary/aromatic N) is 5. The summed E-state index contributed by atoms with van der Waals surface area (Å²) in [5, 5.41) is 7.78. The highest BCUT2D eigenvalue weighted by atomic mass is 32.2. The van der Waals surface area contributed by atoms with Crippen LogP contribution in [-0.4, -0.2) is 75.8 Å². The maximum Gasteiger partial charge on any atom is 0.194 e. The minimum atomic E-state index is 0.273. The minimum absolute atomic E-state index is 0.273. The SMILES string of the molecule is CCNC(=NCC1(N2CCSCC2)CCCCC1)N(C)Cc1cnn(C)c1. The van der Waals surface area contributed by atoms with E-state index in [0.717, 1.165) is 25.6 Å². The third kappa shape index (κ3) is 5.41. The van der Waals surface area contributed by atoms with Crippen molar-refractivity contribution >= 4 is 17.7 Å². The largest absolute Gasteiger partial charge is 0.357 e. The molecule has 0 amide bonds. The Labute approximate surface area is 168 Å². The van der Waals surface area contributed by atoms with Crippen LogP contribution in [0.1, 0.15) is 44.6 Å². The molecular weight excluding hydrogens is 356 g/mol. The summed E-state index contributed by atoms with van der Waals surface area (Å²) in [6.07, 6.45) is 10.7. The summed E-state index contributed by atoms with van der Waals surface area (Å²) < 4.78 is 1.86. The second-order valence-corrected chi connectivity index (χ2v) is 9.16. The third-order valence-corrected chi connectivity index (χ3v) is 6.81. The van der Waals surface area contributed by atoms with Gasteiger partial charge >= 0.3 is 0 Å². The van der Waals surface area contributed by atoms with Crippen LogP contribution in [0, 0.1) is 0 Å². The van der Waals surface area contributed by atoms with E-state index >= 15 is 0 Å². The normalized spacial score (nSPS) is 21.2. The molecule has 1 aromatic heterocycles. The molecule has 6 nitrogen and oxygen atoms in total. The Balaban J connectivity index is 1.72. The summed E-state index contributed by atoms with van der Waals surface area (Å²) in [6.45, 7) is 7.23. The fraction of sp³-hybridized carbons (Fsp3) is 0.800. The molecule has 0 radical (unpaired) electrons. The minimum Gasteiger partial charge on any atom is -0.357 e. The van der Waals surface area contributed by atoms with Gasteiger partial charge in [0.25, 0.3) is 0 Å². The van der Waals surface area contributed by atoms with Crippen LogP contribution in [0.2, 0.25) is 0 Å². The van der Waals surface area contributed by atoms with Gasteiger partial charge in [-0.1, -0.05) is 19.3 Å². The molecular formula is C20H36N6S. The van der Waals surface area contributed by atoms with Crippen molar-refractivity contribution < 1.29 is 0 Å². The molecule has 27 heavy (non-hydrogen) atoms. The van der Waals surface area contributed by atoms with Gasteiger partial charge in [0.2, 0.25) is 0 Å². The second kappa shape index (κ2) is 9.82. The van der Waals surface area contributed by atoms with E-state index < -0.39 is 0 Å². The molecule has 0 unspecified atom stereocenters. The highest BCUT2D eigenvalue weighted by Crippen LogP contribution is 2.35. The van der Waals surface area contributed by atoms with Gasteiger partial charge in [0.05, 0.1) is 12.7 Å². The molecule has 1 aromatic rings. The van der Waals surface area contributed by atoms with E-state index in [1.165, 1.54) is 62.3 Å². The number of guanidine groups is 1. The molecule has 1 aliphatic carbocycles. The molecule has 152 valence electrons. The second-order valence-electron chi connectivity index (χ2n) is 7.93. The van der Waals surface area contributed by atoms with Crippen molar-refractivity contribution in [2.45, 2.75) is 51.1 Å². The van der Waals surface area contributed by atoms with Gasteiger partial charge in [0.15, 0.2) is 5.96 Å². The molecule has 1 aliphatic heterocycles. The highest BCUT2D eigenvalue weighted by molar-refractivity contribution is 7.99. The van der Waals surface area contributed by atoms with Crippen LogP contribution in [0.5, 0.6) is 0 Å². The van der Waals surface area contributed by atoms with Crippen molar-refractivity contribution in [1.29, 1.82) is 0 Å². The van der Waals surface area contributed by atoms with Crippen molar-refractivity contribution in [1.82, 2.24) is 24.9 Å². The lowest BCUT2D eigenvalue weighted by Crippen LogP contribution is -2.55. The topological polar surface area (TPSA) is 48.7 Å². The monoisotopic (exact) mass is 392 g/mol. The van der Waals surface area contributed by atoms with E-state index in [4.69, 9.17) is 4.99 Å². The Kier molecular flexibility index (Phi) is 7.47. The van der Waals surface area contributed by atoms with Crippen molar-refractivity contribution in [2.24, 2.45) is 12.0 Å². The molecule has 0 atom stereocenters. The smallest absolute Gasteiger partial charge is 0.194 e. The van der Waals surface area contributed by atoms with Crippen LogP contribution in [0.4, 0.5) is 0 Å². The van der Waals surface area contributed by atoms with Crippen molar-refractivity contribution in [2.75, 3.05) is 44.7 Å². The van der Waals surface area contributed by atoms with Gasteiger partial charge < -0.3 is 10.2 Å². The van der Waals surface area contributed by atoms with Crippen molar-refractivity contribution in [3.05, 3.63) is 18.0 Å². The summed E-state index contributed by atoms with van der Waals surface area (Å²) in [7, 11) is 4.09. The lowest BCUT2D eigenvalue weighted by atomic mass is 9.80. The van der Waals surface area contributed by atoms with Gasteiger partial charge in [0, 0.05) is 69.1 Å². The molecule has 3 rings (SSSR count). The molecule has 1 N–H and O–H groups in total. The summed E-state index contributed by atoms with van der Waals surface area (Å²) in [5.74, 6) is 3.55. The molecule has 1 saturated heterocycles. The maximum absolute atomic E-state index is 5.14. The van der Waals surface area contributed by atoms with Crippen LogP contribution < -0.4 is 5.32 Å². The molecule has 7 heteroatoms. The Morgan fingerprint density at radius 2 is 2.04 bits per heavy atom. The Hall–Kier alpha value is -1.21. The van der Waals surface area contributed by atoms with Gasteiger partial charge in [-0.2, -0.15) is 16.9 Å². The average Bonchev–Trinajstić information content (AvgIpc) is 3.11.